The number of hydrazone groups is 1. The van der Waals surface area contributed by atoms with Crippen LogP contribution in [0.3, 0.4) is 0 Å². The summed E-state index contributed by atoms with van der Waals surface area (Å²) in [5.41, 5.74) is 1.68. The molecule has 7 heteroatoms. The van der Waals surface area contributed by atoms with Gasteiger partial charge in [0.15, 0.2) is 0 Å². The molecule has 0 radical (unpaired) electrons. The Hall–Kier alpha value is -2.54. The van der Waals surface area contributed by atoms with Gasteiger partial charge in [-0.3, -0.25) is 9.59 Å². The molecule has 3 rings (SSSR count). The van der Waals surface area contributed by atoms with Crippen molar-refractivity contribution in [3.05, 3.63) is 69.9 Å². The van der Waals surface area contributed by atoms with Crippen molar-refractivity contribution < 1.29 is 19.1 Å². The van der Waals surface area contributed by atoms with Gasteiger partial charge >= 0.3 is 5.97 Å². The Labute approximate surface area is 158 Å². The molecule has 0 aliphatic carbocycles. The first kappa shape index (κ1) is 18.3. The van der Waals surface area contributed by atoms with Crippen molar-refractivity contribution in [2.45, 2.75) is 25.3 Å². The van der Waals surface area contributed by atoms with E-state index in [1.165, 1.54) is 11.1 Å². The first-order chi connectivity index (χ1) is 12.5. The van der Waals surface area contributed by atoms with Crippen molar-refractivity contribution in [1.82, 2.24) is 5.01 Å². The molecule has 0 aromatic heterocycles. The van der Waals surface area contributed by atoms with Gasteiger partial charge in [0.2, 0.25) is 5.91 Å². The predicted molar refractivity (Wildman–Crippen MR) is 98.2 cm³/mol. The third kappa shape index (κ3) is 3.99. The molecule has 5 nitrogen and oxygen atoms in total. The van der Waals surface area contributed by atoms with Gasteiger partial charge in [-0.05, 0) is 23.8 Å². The number of hydrogen-bond donors (Lipinski definition) is 1. The summed E-state index contributed by atoms with van der Waals surface area (Å²) in [6.45, 7) is 0. The predicted octanol–water partition coefficient (Wildman–Crippen LogP) is 4.13. The fraction of sp³-hybridized carbons (Fsp3) is 0.211. The highest BCUT2D eigenvalue weighted by molar-refractivity contribution is 9.10. The van der Waals surface area contributed by atoms with E-state index in [9.17, 15) is 14.0 Å². The molecule has 0 saturated heterocycles. The lowest BCUT2D eigenvalue weighted by atomic mass is 9.98. The number of carboxylic acids is 1. The van der Waals surface area contributed by atoms with Crippen LogP contribution >= 0.6 is 15.9 Å². The molecule has 1 N–H and O–H groups in total. The minimum Gasteiger partial charge on any atom is -0.481 e. The van der Waals surface area contributed by atoms with Crippen LogP contribution in [0.1, 0.15) is 36.4 Å². The van der Waals surface area contributed by atoms with Crippen molar-refractivity contribution >= 4 is 33.5 Å². The Morgan fingerprint density at radius 2 is 1.85 bits per heavy atom. The molecule has 1 amide bonds. The van der Waals surface area contributed by atoms with Gasteiger partial charge in [-0.15, -0.1) is 0 Å². The highest BCUT2D eigenvalue weighted by atomic mass is 79.9. The lowest BCUT2D eigenvalue weighted by Crippen LogP contribution is -2.27. The van der Waals surface area contributed by atoms with Gasteiger partial charge in [-0.1, -0.05) is 46.3 Å². The molecular weight excluding hydrogens is 403 g/mol. The summed E-state index contributed by atoms with van der Waals surface area (Å²) in [5, 5.41) is 14.4. The Balaban J connectivity index is 1.93. The van der Waals surface area contributed by atoms with Crippen LogP contribution in [0, 0.1) is 5.82 Å². The van der Waals surface area contributed by atoms with Gasteiger partial charge in [0, 0.05) is 22.9 Å². The van der Waals surface area contributed by atoms with E-state index in [1.54, 1.807) is 18.2 Å². The maximum Gasteiger partial charge on any atom is 0.303 e. The largest absolute Gasteiger partial charge is 0.481 e. The lowest BCUT2D eigenvalue weighted by molar-refractivity contribution is -0.141. The molecule has 26 heavy (non-hydrogen) atoms. The summed E-state index contributed by atoms with van der Waals surface area (Å²) in [5.74, 6) is -1.84. The molecule has 0 spiro atoms. The number of benzene rings is 2. The topological polar surface area (TPSA) is 70.0 Å². The smallest absolute Gasteiger partial charge is 0.303 e. The lowest BCUT2D eigenvalue weighted by Gasteiger charge is -2.22. The molecular formula is C19H16BrFN2O3. The number of carbonyl (C=O) groups is 2. The number of amides is 1. The van der Waals surface area contributed by atoms with E-state index >= 15 is 0 Å². The second kappa shape index (κ2) is 7.78. The summed E-state index contributed by atoms with van der Waals surface area (Å²) in [6, 6.07) is 13.3. The summed E-state index contributed by atoms with van der Waals surface area (Å²) >= 11 is 3.37. The van der Waals surface area contributed by atoms with Crippen LogP contribution in [0.4, 0.5) is 4.39 Å². The number of carboxylic acid groups (broad SMARTS) is 1. The van der Waals surface area contributed by atoms with Crippen LogP contribution in [0.25, 0.3) is 0 Å². The van der Waals surface area contributed by atoms with Crippen molar-refractivity contribution in [2.24, 2.45) is 5.10 Å². The third-order valence-corrected chi connectivity index (χ3v) is 4.69. The van der Waals surface area contributed by atoms with E-state index in [0.717, 1.165) is 10.0 Å². The van der Waals surface area contributed by atoms with Gasteiger partial charge in [0.05, 0.1) is 18.2 Å². The van der Waals surface area contributed by atoms with Gasteiger partial charge in [-0.25, -0.2) is 9.40 Å². The number of halogens is 2. The maximum atomic E-state index is 14.1. The zero-order valence-electron chi connectivity index (χ0n) is 13.7. The van der Waals surface area contributed by atoms with E-state index in [-0.39, 0.29) is 18.9 Å². The molecule has 0 saturated carbocycles. The molecule has 134 valence electrons. The van der Waals surface area contributed by atoms with E-state index < -0.39 is 17.7 Å². The third-order valence-electron chi connectivity index (χ3n) is 4.16. The zero-order valence-corrected chi connectivity index (χ0v) is 15.3. The van der Waals surface area contributed by atoms with Gasteiger partial charge < -0.3 is 5.11 Å². The van der Waals surface area contributed by atoms with E-state index in [0.29, 0.717) is 17.7 Å². The van der Waals surface area contributed by atoms with Gasteiger partial charge in [-0.2, -0.15) is 5.10 Å². The van der Waals surface area contributed by atoms with E-state index in [1.807, 2.05) is 24.3 Å². The summed E-state index contributed by atoms with van der Waals surface area (Å²) in [7, 11) is 0. The highest BCUT2D eigenvalue weighted by Crippen LogP contribution is 2.34. The standard InChI is InChI=1S/C19H16BrFN2O3/c20-13-7-5-12(6-8-13)17-11-16(14-3-1-2-4-15(14)21)22-23(17)18(24)9-10-19(25)26/h1-8,17H,9-11H2,(H,25,26)/t17-/m0/s1. The first-order valence-corrected chi connectivity index (χ1v) is 8.86. The number of rotatable bonds is 5. The summed E-state index contributed by atoms with van der Waals surface area (Å²) in [6.07, 6.45) is -0.0647. The minimum atomic E-state index is -1.05. The Bertz CT molecular complexity index is 867. The second-order valence-electron chi connectivity index (χ2n) is 5.93. The van der Waals surface area contributed by atoms with Gasteiger partial charge in [0.1, 0.15) is 5.82 Å². The second-order valence-corrected chi connectivity index (χ2v) is 6.85. The molecule has 1 heterocycles. The fourth-order valence-corrected chi connectivity index (χ4v) is 3.14. The maximum absolute atomic E-state index is 14.1. The SMILES string of the molecule is O=C(O)CCC(=O)N1N=C(c2ccccc2F)C[C@H]1c1ccc(Br)cc1. The quantitative estimate of drug-likeness (QED) is 0.793. The van der Waals surface area contributed by atoms with Crippen molar-refractivity contribution in [2.75, 3.05) is 0 Å². The molecule has 2 aromatic rings. The van der Waals surface area contributed by atoms with Crippen molar-refractivity contribution in [3.63, 3.8) is 0 Å². The average molecular weight is 419 g/mol. The van der Waals surface area contributed by atoms with Crippen LogP contribution in [0.5, 0.6) is 0 Å². The van der Waals surface area contributed by atoms with Crippen LogP contribution in [-0.2, 0) is 9.59 Å². The van der Waals surface area contributed by atoms with Crippen LogP contribution in [0.2, 0.25) is 0 Å². The van der Waals surface area contributed by atoms with E-state index in [2.05, 4.69) is 21.0 Å². The highest BCUT2D eigenvalue weighted by Gasteiger charge is 2.33. The number of carbonyl (C=O) groups excluding carboxylic acids is 1. The van der Waals surface area contributed by atoms with Crippen molar-refractivity contribution in [1.29, 1.82) is 0 Å². The minimum absolute atomic E-state index is 0.156. The number of aliphatic carboxylic acids is 1. The Morgan fingerprint density at radius 1 is 1.15 bits per heavy atom. The first-order valence-electron chi connectivity index (χ1n) is 8.07. The molecule has 1 atom stereocenters. The van der Waals surface area contributed by atoms with Crippen molar-refractivity contribution in [3.8, 4) is 0 Å². The fourth-order valence-electron chi connectivity index (χ4n) is 2.87. The van der Waals surface area contributed by atoms with Crippen LogP contribution in [-0.4, -0.2) is 27.7 Å². The van der Waals surface area contributed by atoms with E-state index in [4.69, 9.17) is 5.11 Å². The number of nitrogens with zero attached hydrogens (tertiary/aromatic N) is 2. The van der Waals surface area contributed by atoms with Crippen LogP contribution < -0.4 is 0 Å². The molecule has 2 aromatic carbocycles. The van der Waals surface area contributed by atoms with Crippen LogP contribution in [0.15, 0.2) is 58.1 Å². The molecule has 0 unspecified atom stereocenters. The monoisotopic (exact) mass is 418 g/mol. The number of hydrogen-bond acceptors (Lipinski definition) is 3. The Kier molecular flexibility index (Phi) is 5.46. The normalized spacial score (nSPS) is 16.5. The molecule has 1 aliphatic heterocycles. The molecule has 1 aliphatic rings. The summed E-state index contributed by atoms with van der Waals surface area (Å²) < 4.78 is 15.0. The average Bonchev–Trinajstić information content (AvgIpc) is 3.06. The molecule has 0 bridgehead atoms. The van der Waals surface area contributed by atoms with Gasteiger partial charge in [0.25, 0.3) is 0 Å². The molecule has 0 fully saturated rings. The summed E-state index contributed by atoms with van der Waals surface area (Å²) in [4.78, 5) is 23.3. The zero-order chi connectivity index (χ0) is 18.7. The Morgan fingerprint density at radius 3 is 2.50 bits per heavy atom.